The molecule has 0 atom stereocenters. The minimum Gasteiger partial charge on any atom is -0.329 e. The molecule has 1 aromatic rings. The molecule has 1 aromatic heterocycles. The van der Waals surface area contributed by atoms with Gasteiger partial charge in [-0.2, -0.15) is 13.2 Å². The van der Waals surface area contributed by atoms with Gasteiger partial charge in [0.15, 0.2) is 4.73 Å². The molecule has 0 radical (unpaired) electrons. The minimum absolute atomic E-state index is 0. The van der Waals surface area contributed by atoms with Crippen molar-refractivity contribution >= 4 is 32.9 Å². The number of aromatic nitrogens is 2. The number of nitrogens with zero attached hydrogens (tertiary/aromatic N) is 1. The number of hydrogen-bond donors (Lipinski definition) is 1. The quantitative estimate of drug-likeness (QED) is 0.783. The number of H-pyrrole nitrogens is 1. The second-order valence-corrected chi connectivity index (χ2v) is 2.34. The smallest absolute Gasteiger partial charge is 0.329 e. The molecule has 0 aliphatic rings. The van der Waals surface area contributed by atoms with E-state index in [1.807, 2.05) is 4.98 Å². The average molecular weight is 296 g/mol. The molecular formula is C4H3Br2F3N2. The lowest BCUT2D eigenvalue weighted by molar-refractivity contribution is -0.140. The zero-order valence-corrected chi connectivity index (χ0v) is 8.24. The van der Waals surface area contributed by atoms with Gasteiger partial charge in [0, 0.05) is 0 Å². The molecule has 64 valence electrons. The molecule has 0 saturated carbocycles. The number of hydrogen-bond acceptors (Lipinski definition) is 1. The number of rotatable bonds is 0. The molecule has 0 amide bonds. The van der Waals surface area contributed by atoms with Gasteiger partial charge in [-0.05, 0) is 15.9 Å². The summed E-state index contributed by atoms with van der Waals surface area (Å²) in [6.07, 6.45) is -3.61. The van der Waals surface area contributed by atoms with E-state index >= 15 is 0 Å². The van der Waals surface area contributed by atoms with E-state index in [0.717, 1.165) is 6.20 Å². The molecule has 7 heteroatoms. The van der Waals surface area contributed by atoms with E-state index in [-0.39, 0.29) is 21.7 Å². The van der Waals surface area contributed by atoms with Gasteiger partial charge >= 0.3 is 6.18 Å². The predicted molar refractivity (Wildman–Crippen MR) is 41.6 cm³/mol. The van der Waals surface area contributed by atoms with Crippen molar-refractivity contribution in [2.24, 2.45) is 0 Å². The Morgan fingerprint density at radius 1 is 1.45 bits per heavy atom. The van der Waals surface area contributed by atoms with Crippen LogP contribution >= 0.6 is 32.9 Å². The average Bonchev–Trinajstić information content (AvgIpc) is 2.11. The van der Waals surface area contributed by atoms with Crippen molar-refractivity contribution in [3.8, 4) is 0 Å². The lowest BCUT2D eigenvalue weighted by Crippen LogP contribution is -2.04. The second-order valence-electron chi connectivity index (χ2n) is 1.59. The SMILES string of the molecule is Br.FC(F)(F)c1cnc(Br)[nH]1. The van der Waals surface area contributed by atoms with Crippen LogP contribution in [0.4, 0.5) is 13.2 Å². The number of imidazole rings is 1. The Kier molecular flexibility index (Phi) is 3.56. The lowest BCUT2D eigenvalue weighted by atomic mass is 10.5. The Morgan fingerprint density at radius 3 is 2.18 bits per heavy atom. The summed E-state index contributed by atoms with van der Waals surface area (Å²) in [7, 11) is 0. The maximum absolute atomic E-state index is 11.7. The number of halogens is 5. The van der Waals surface area contributed by atoms with Crippen molar-refractivity contribution in [3.05, 3.63) is 16.6 Å². The van der Waals surface area contributed by atoms with Gasteiger partial charge in [-0.3, -0.25) is 0 Å². The highest BCUT2D eigenvalue weighted by Gasteiger charge is 2.32. The standard InChI is InChI=1S/C4H2BrF3N2.BrH/c5-3-9-1-2(10-3)4(6,7)8;/h1H,(H,9,10);1H. The van der Waals surface area contributed by atoms with E-state index in [1.165, 1.54) is 0 Å². The normalized spacial score (nSPS) is 10.9. The van der Waals surface area contributed by atoms with E-state index in [0.29, 0.717) is 0 Å². The molecule has 0 spiro atoms. The summed E-state index contributed by atoms with van der Waals surface area (Å²) in [5, 5.41) is 0. The molecule has 0 fully saturated rings. The van der Waals surface area contributed by atoms with Gasteiger partial charge in [0.05, 0.1) is 6.20 Å². The highest BCUT2D eigenvalue weighted by molar-refractivity contribution is 9.10. The molecule has 11 heavy (non-hydrogen) atoms. The van der Waals surface area contributed by atoms with Gasteiger partial charge in [0.1, 0.15) is 5.69 Å². The minimum atomic E-state index is -4.33. The first kappa shape index (κ1) is 11.0. The topological polar surface area (TPSA) is 28.7 Å². The van der Waals surface area contributed by atoms with Crippen LogP contribution in [0.25, 0.3) is 0 Å². The van der Waals surface area contributed by atoms with Crippen molar-refractivity contribution in [3.63, 3.8) is 0 Å². The number of nitrogens with one attached hydrogen (secondary N) is 1. The van der Waals surface area contributed by atoms with Crippen molar-refractivity contribution in [2.45, 2.75) is 6.18 Å². The monoisotopic (exact) mass is 294 g/mol. The molecule has 0 aromatic carbocycles. The van der Waals surface area contributed by atoms with Crippen LogP contribution < -0.4 is 0 Å². The third-order valence-electron chi connectivity index (χ3n) is 0.850. The fourth-order valence-electron chi connectivity index (χ4n) is 0.441. The largest absolute Gasteiger partial charge is 0.432 e. The van der Waals surface area contributed by atoms with Crippen molar-refractivity contribution in [1.82, 2.24) is 9.97 Å². The van der Waals surface area contributed by atoms with E-state index in [1.54, 1.807) is 0 Å². The molecular weight excluding hydrogens is 293 g/mol. The Bertz CT molecular complexity index is 231. The Balaban J connectivity index is 0.000001000. The summed E-state index contributed by atoms with van der Waals surface area (Å²) in [4.78, 5) is 5.32. The third kappa shape index (κ3) is 2.82. The molecule has 0 aliphatic heterocycles. The molecule has 0 saturated heterocycles. The van der Waals surface area contributed by atoms with Gasteiger partial charge in [-0.15, -0.1) is 17.0 Å². The zero-order valence-electron chi connectivity index (χ0n) is 4.94. The number of alkyl halides is 3. The Hall–Kier alpha value is -0.0400. The summed E-state index contributed by atoms with van der Waals surface area (Å²) in [6.45, 7) is 0. The number of aromatic amines is 1. The zero-order chi connectivity index (χ0) is 7.78. The molecule has 1 N–H and O–H groups in total. The predicted octanol–water partition coefficient (Wildman–Crippen LogP) is 2.77. The first-order chi connectivity index (χ1) is 4.50. The first-order valence-electron chi connectivity index (χ1n) is 2.28. The lowest BCUT2D eigenvalue weighted by Gasteiger charge is -1.99. The summed E-state index contributed by atoms with van der Waals surface area (Å²) in [5.41, 5.74) is -0.848. The fraction of sp³-hybridized carbons (Fsp3) is 0.250. The summed E-state index contributed by atoms with van der Waals surface area (Å²) >= 11 is 2.76. The fourth-order valence-corrected chi connectivity index (χ4v) is 0.757. The van der Waals surface area contributed by atoms with Crippen LogP contribution in [0.1, 0.15) is 5.69 Å². The van der Waals surface area contributed by atoms with Crippen molar-refractivity contribution in [2.75, 3.05) is 0 Å². The van der Waals surface area contributed by atoms with Crippen molar-refractivity contribution < 1.29 is 13.2 Å². The van der Waals surface area contributed by atoms with Crippen LogP contribution in [0.3, 0.4) is 0 Å². The van der Waals surface area contributed by atoms with Gasteiger partial charge < -0.3 is 4.98 Å². The van der Waals surface area contributed by atoms with Gasteiger partial charge in [-0.25, -0.2) is 4.98 Å². The van der Waals surface area contributed by atoms with Gasteiger partial charge in [-0.1, -0.05) is 0 Å². The molecule has 0 bridgehead atoms. The highest BCUT2D eigenvalue weighted by Crippen LogP contribution is 2.27. The summed E-state index contributed by atoms with van der Waals surface area (Å²) in [6, 6.07) is 0. The van der Waals surface area contributed by atoms with Gasteiger partial charge in [0.2, 0.25) is 0 Å². The third-order valence-corrected chi connectivity index (χ3v) is 1.25. The van der Waals surface area contributed by atoms with E-state index in [4.69, 9.17) is 0 Å². The summed E-state index contributed by atoms with van der Waals surface area (Å²) in [5.74, 6) is 0. The molecule has 0 unspecified atom stereocenters. The van der Waals surface area contributed by atoms with Crippen LogP contribution in [-0.4, -0.2) is 9.97 Å². The molecule has 0 aliphatic carbocycles. The van der Waals surface area contributed by atoms with Crippen molar-refractivity contribution in [1.29, 1.82) is 0 Å². The maximum atomic E-state index is 11.7. The Morgan fingerprint density at radius 2 is 2.00 bits per heavy atom. The second kappa shape index (κ2) is 3.57. The van der Waals surface area contributed by atoms with Crippen LogP contribution in [-0.2, 0) is 6.18 Å². The molecule has 1 rings (SSSR count). The highest BCUT2D eigenvalue weighted by atomic mass is 79.9. The van der Waals surface area contributed by atoms with E-state index in [9.17, 15) is 13.2 Å². The van der Waals surface area contributed by atoms with Crippen LogP contribution in [0, 0.1) is 0 Å². The van der Waals surface area contributed by atoms with Crippen LogP contribution in [0.15, 0.2) is 10.9 Å². The van der Waals surface area contributed by atoms with E-state index in [2.05, 4.69) is 20.9 Å². The molecule has 2 nitrogen and oxygen atoms in total. The van der Waals surface area contributed by atoms with Crippen LogP contribution in [0.5, 0.6) is 0 Å². The summed E-state index contributed by atoms with van der Waals surface area (Å²) < 4.78 is 35.2. The Labute approximate surface area is 79.1 Å². The van der Waals surface area contributed by atoms with Crippen LogP contribution in [0.2, 0.25) is 0 Å². The van der Waals surface area contributed by atoms with Gasteiger partial charge in [0.25, 0.3) is 0 Å². The van der Waals surface area contributed by atoms with E-state index < -0.39 is 11.9 Å². The molecule has 1 heterocycles. The first-order valence-corrected chi connectivity index (χ1v) is 3.07. The maximum Gasteiger partial charge on any atom is 0.432 e.